The molecule has 0 aromatic rings. The first kappa shape index (κ1) is 69.4. The molecule has 0 aliphatic rings. The van der Waals surface area contributed by atoms with E-state index in [0.29, 0.717) is 25.7 Å². The van der Waals surface area contributed by atoms with Gasteiger partial charge in [0, 0.05) is 19.3 Å². The maximum absolute atomic E-state index is 12.9. The monoisotopic (exact) mass is 1050 g/mol. The van der Waals surface area contributed by atoms with Gasteiger partial charge < -0.3 is 24.2 Å². The third-order valence-electron chi connectivity index (χ3n) is 10.8. The molecule has 3 atom stereocenters. The molecule has 0 aromatic carbocycles. The Hall–Kier alpha value is -4.64. The summed E-state index contributed by atoms with van der Waals surface area (Å²) in [6.45, 7) is 4.11. The summed E-state index contributed by atoms with van der Waals surface area (Å²) in [7, 11) is -4.79. The Morgan fingerprint density at radius 3 is 1.12 bits per heavy atom. The van der Waals surface area contributed by atoms with Crippen LogP contribution in [0.25, 0.3) is 0 Å². The van der Waals surface area contributed by atoms with E-state index in [-0.39, 0.29) is 19.3 Å². The molecule has 0 radical (unpaired) electrons. The number of hydrogen-bond acceptors (Lipinski definition) is 10. The Morgan fingerprint density at radius 2 is 0.703 bits per heavy atom. The molecule has 0 saturated heterocycles. The number of phosphoric acid groups is 1. The van der Waals surface area contributed by atoms with Gasteiger partial charge in [-0.05, 0) is 116 Å². The predicted molar refractivity (Wildman–Crippen MR) is 306 cm³/mol. The zero-order valence-electron chi connectivity index (χ0n) is 45.7. The standard InChI is InChI=1S/C62H97O11P/c1-4-7-10-13-16-19-22-25-27-29-31-34-37-40-43-46-49-52-61(65)72-58(54-63)56-70-74(67,68)71-57-59(55-69-60(64)51-48-45-42-39-36-33-24-21-18-15-12-9-6-3)73-62(66)53-50-47-44-41-38-35-32-30-28-26-23-20-17-14-11-8-5-2/h7-12,16-21,25-28,32-33,35-36,41-42,44-45,58-59,63H,4-6,13-15,22-24,29-31,34,37-40,43,46-57H2,1-3H3,(H,67,68)/b10-7-,11-8-,12-9-,19-16-,20-17-,21-18-,27-25-,28-26-,35-32-,36-33-,44-41-,45-42-. The minimum Gasteiger partial charge on any atom is -0.462 e. The van der Waals surface area contributed by atoms with Gasteiger partial charge in [-0.25, -0.2) is 4.57 Å². The molecule has 0 amide bonds. The van der Waals surface area contributed by atoms with E-state index >= 15 is 0 Å². The summed E-state index contributed by atoms with van der Waals surface area (Å²) >= 11 is 0. The first-order chi connectivity index (χ1) is 36.2. The summed E-state index contributed by atoms with van der Waals surface area (Å²) < 4.78 is 39.3. The van der Waals surface area contributed by atoms with E-state index in [1.54, 1.807) is 0 Å². The van der Waals surface area contributed by atoms with Gasteiger partial charge in [-0.15, -0.1) is 0 Å². The van der Waals surface area contributed by atoms with Gasteiger partial charge in [0.2, 0.25) is 0 Å². The molecule has 0 aliphatic carbocycles. The molecule has 0 spiro atoms. The largest absolute Gasteiger partial charge is 0.472 e. The molecular formula is C62H97O11P. The molecule has 416 valence electrons. The quantitative estimate of drug-likeness (QED) is 0.0197. The Bertz CT molecular complexity index is 1800. The van der Waals surface area contributed by atoms with E-state index in [9.17, 15) is 28.9 Å². The number of phosphoric ester groups is 1. The van der Waals surface area contributed by atoms with Gasteiger partial charge >= 0.3 is 25.7 Å². The molecule has 0 rings (SSSR count). The number of aliphatic hydroxyl groups excluding tert-OH is 1. The van der Waals surface area contributed by atoms with Crippen molar-refractivity contribution >= 4 is 25.7 Å². The first-order valence-electron chi connectivity index (χ1n) is 27.7. The van der Waals surface area contributed by atoms with Gasteiger partial charge in [0.1, 0.15) is 12.7 Å². The van der Waals surface area contributed by atoms with E-state index in [2.05, 4.69) is 142 Å². The fourth-order valence-electron chi connectivity index (χ4n) is 6.65. The number of esters is 3. The maximum Gasteiger partial charge on any atom is 0.472 e. The number of allylic oxidation sites excluding steroid dienone is 24. The van der Waals surface area contributed by atoms with E-state index < -0.39 is 64.4 Å². The van der Waals surface area contributed by atoms with Crippen LogP contribution in [0.2, 0.25) is 0 Å². The summed E-state index contributed by atoms with van der Waals surface area (Å²) in [5, 5.41) is 9.81. The predicted octanol–water partition coefficient (Wildman–Crippen LogP) is 16.4. The fraction of sp³-hybridized carbons (Fsp3) is 0.565. The molecule has 0 heterocycles. The van der Waals surface area contributed by atoms with Gasteiger partial charge in [0.15, 0.2) is 6.10 Å². The molecule has 0 saturated carbocycles. The third-order valence-corrected chi connectivity index (χ3v) is 11.7. The Morgan fingerprint density at radius 1 is 0.378 bits per heavy atom. The van der Waals surface area contributed by atoms with Gasteiger partial charge in [0.25, 0.3) is 0 Å². The van der Waals surface area contributed by atoms with Crippen molar-refractivity contribution < 1.29 is 52.2 Å². The van der Waals surface area contributed by atoms with Crippen molar-refractivity contribution in [3.05, 3.63) is 146 Å². The number of ether oxygens (including phenoxy) is 3. The van der Waals surface area contributed by atoms with Crippen molar-refractivity contribution in [3.8, 4) is 0 Å². The van der Waals surface area contributed by atoms with E-state index in [1.807, 2.05) is 24.3 Å². The van der Waals surface area contributed by atoms with Crippen molar-refractivity contribution in [1.82, 2.24) is 0 Å². The second-order valence-corrected chi connectivity index (χ2v) is 19.1. The number of hydrogen-bond donors (Lipinski definition) is 2. The number of aliphatic hydroxyl groups is 1. The van der Waals surface area contributed by atoms with Crippen LogP contribution in [0.5, 0.6) is 0 Å². The number of carbonyl (C=O) groups is 3. The van der Waals surface area contributed by atoms with Crippen LogP contribution in [0.1, 0.15) is 188 Å². The molecule has 3 unspecified atom stereocenters. The highest BCUT2D eigenvalue weighted by molar-refractivity contribution is 7.47. The van der Waals surface area contributed by atoms with Crippen molar-refractivity contribution in [1.29, 1.82) is 0 Å². The van der Waals surface area contributed by atoms with Crippen LogP contribution >= 0.6 is 7.82 Å². The molecule has 0 bridgehead atoms. The molecular weight excluding hydrogens is 952 g/mol. The highest BCUT2D eigenvalue weighted by atomic mass is 31.2. The zero-order chi connectivity index (χ0) is 54.1. The average Bonchev–Trinajstić information content (AvgIpc) is 3.39. The second-order valence-electron chi connectivity index (χ2n) is 17.6. The van der Waals surface area contributed by atoms with Crippen LogP contribution in [-0.4, -0.2) is 66.5 Å². The van der Waals surface area contributed by atoms with Crippen molar-refractivity contribution in [3.63, 3.8) is 0 Å². The van der Waals surface area contributed by atoms with E-state index in [0.717, 1.165) is 116 Å². The lowest BCUT2D eigenvalue weighted by Gasteiger charge is -2.21. The molecule has 2 N–H and O–H groups in total. The lowest BCUT2D eigenvalue weighted by atomic mass is 10.1. The van der Waals surface area contributed by atoms with Gasteiger partial charge in [0.05, 0.1) is 19.8 Å². The van der Waals surface area contributed by atoms with Crippen molar-refractivity contribution in [2.24, 2.45) is 0 Å². The zero-order valence-corrected chi connectivity index (χ0v) is 46.6. The highest BCUT2D eigenvalue weighted by Crippen LogP contribution is 2.43. The lowest BCUT2D eigenvalue weighted by Crippen LogP contribution is -2.30. The van der Waals surface area contributed by atoms with E-state index in [4.69, 9.17) is 23.3 Å². The van der Waals surface area contributed by atoms with E-state index in [1.165, 1.54) is 6.42 Å². The number of carbonyl (C=O) groups excluding carboxylic acids is 3. The minimum atomic E-state index is -4.79. The lowest BCUT2D eigenvalue weighted by molar-refractivity contribution is -0.161. The molecule has 0 fully saturated rings. The van der Waals surface area contributed by atoms with Crippen LogP contribution < -0.4 is 0 Å². The third kappa shape index (κ3) is 52.2. The molecule has 74 heavy (non-hydrogen) atoms. The highest BCUT2D eigenvalue weighted by Gasteiger charge is 2.28. The van der Waals surface area contributed by atoms with Crippen molar-refractivity contribution in [2.75, 3.05) is 26.4 Å². The molecule has 0 aromatic heterocycles. The molecule has 0 aliphatic heterocycles. The van der Waals surface area contributed by atoms with Crippen LogP contribution in [-0.2, 0) is 42.2 Å². The molecule has 12 heteroatoms. The van der Waals surface area contributed by atoms with Gasteiger partial charge in [-0.2, -0.15) is 0 Å². The summed E-state index contributed by atoms with van der Waals surface area (Å²) in [5.74, 6) is -1.66. The normalized spacial score (nSPS) is 14.5. The Labute approximate surface area is 448 Å². The Kier molecular flexibility index (Phi) is 51.2. The summed E-state index contributed by atoms with van der Waals surface area (Å²) in [5.41, 5.74) is 0. The van der Waals surface area contributed by atoms with Crippen LogP contribution in [0.15, 0.2) is 146 Å². The smallest absolute Gasteiger partial charge is 0.462 e. The van der Waals surface area contributed by atoms with Crippen LogP contribution in [0, 0.1) is 0 Å². The summed E-state index contributed by atoms with van der Waals surface area (Å²) in [4.78, 5) is 48.4. The SMILES string of the molecule is CC/C=C\C/C=C\C/C=C\C/C=C\C/C=C\CCCC(=O)OC(COC(=O)CC/C=C\C/C=C\C/C=C\C/C=C\CC)COP(=O)(O)OCC(CO)OC(=O)CCCCCCCCC/C=C\C/C=C\C/C=C\CC. The van der Waals surface area contributed by atoms with Crippen LogP contribution in [0.3, 0.4) is 0 Å². The Balaban J connectivity index is 4.88. The molecule has 11 nitrogen and oxygen atoms in total. The van der Waals surface area contributed by atoms with Crippen LogP contribution in [0.4, 0.5) is 0 Å². The topological polar surface area (TPSA) is 155 Å². The first-order valence-corrected chi connectivity index (χ1v) is 29.2. The number of unbranched alkanes of at least 4 members (excludes halogenated alkanes) is 8. The number of rotatable bonds is 49. The second kappa shape index (κ2) is 54.6. The van der Waals surface area contributed by atoms with Gasteiger partial charge in [-0.1, -0.05) is 199 Å². The minimum absolute atomic E-state index is 0.0656. The maximum atomic E-state index is 12.9. The van der Waals surface area contributed by atoms with Gasteiger partial charge in [-0.3, -0.25) is 23.4 Å². The summed E-state index contributed by atoms with van der Waals surface area (Å²) in [6.07, 6.45) is 69.8. The fourth-order valence-corrected chi connectivity index (χ4v) is 7.44. The van der Waals surface area contributed by atoms with Crippen molar-refractivity contribution in [2.45, 2.75) is 200 Å². The average molecular weight is 1050 g/mol. The summed E-state index contributed by atoms with van der Waals surface area (Å²) in [6, 6.07) is 0.